The van der Waals surface area contributed by atoms with Crippen LogP contribution in [0.3, 0.4) is 0 Å². The molecule has 30 heavy (non-hydrogen) atoms. The average Bonchev–Trinajstić information content (AvgIpc) is 2.73. The van der Waals surface area contributed by atoms with Crippen molar-refractivity contribution in [1.82, 2.24) is 4.98 Å². The Morgan fingerprint density at radius 3 is 2.53 bits per heavy atom. The lowest BCUT2D eigenvalue weighted by Crippen LogP contribution is -2.32. The van der Waals surface area contributed by atoms with Gasteiger partial charge in [0.1, 0.15) is 11.5 Å². The van der Waals surface area contributed by atoms with Crippen LogP contribution < -0.4 is 4.90 Å². The van der Waals surface area contributed by atoms with Crippen molar-refractivity contribution in [1.29, 1.82) is 0 Å². The minimum Gasteiger partial charge on any atom is -0.464 e. The second-order valence-corrected chi connectivity index (χ2v) is 7.26. The van der Waals surface area contributed by atoms with Crippen molar-refractivity contribution in [3.05, 3.63) is 93.5 Å². The molecule has 2 aromatic carbocycles. The SMILES string of the molecule is COC(=O)c1ccc(CC(=O)N(Cc2ccc(Cl)cc2Cl)c2cccc(F)c2)cn1. The maximum absolute atomic E-state index is 13.8. The molecule has 0 aliphatic rings. The highest BCUT2D eigenvalue weighted by Crippen LogP contribution is 2.26. The van der Waals surface area contributed by atoms with Gasteiger partial charge in [-0.3, -0.25) is 4.79 Å². The molecule has 3 aromatic rings. The van der Waals surface area contributed by atoms with Crippen molar-refractivity contribution in [3.8, 4) is 0 Å². The van der Waals surface area contributed by atoms with Crippen LogP contribution in [0.25, 0.3) is 0 Å². The minimum absolute atomic E-state index is 0.00379. The third-order valence-corrected chi connectivity index (χ3v) is 4.93. The fourth-order valence-electron chi connectivity index (χ4n) is 2.81. The zero-order chi connectivity index (χ0) is 21.7. The Labute approximate surface area is 183 Å². The molecule has 0 N–H and O–H groups in total. The van der Waals surface area contributed by atoms with E-state index in [2.05, 4.69) is 9.72 Å². The molecule has 154 valence electrons. The fraction of sp³-hybridized carbons (Fsp3) is 0.136. The van der Waals surface area contributed by atoms with Crippen molar-refractivity contribution in [2.45, 2.75) is 13.0 Å². The van der Waals surface area contributed by atoms with Gasteiger partial charge in [-0.25, -0.2) is 14.2 Å². The van der Waals surface area contributed by atoms with Crippen molar-refractivity contribution in [3.63, 3.8) is 0 Å². The van der Waals surface area contributed by atoms with Crippen LogP contribution in [0.1, 0.15) is 21.6 Å². The highest BCUT2D eigenvalue weighted by atomic mass is 35.5. The molecule has 0 saturated carbocycles. The molecule has 5 nitrogen and oxygen atoms in total. The molecular formula is C22H17Cl2FN2O3. The second-order valence-electron chi connectivity index (χ2n) is 6.42. The van der Waals surface area contributed by atoms with Gasteiger partial charge in [0.05, 0.1) is 20.1 Å². The van der Waals surface area contributed by atoms with E-state index < -0.39 is 11.8 Å². The lowest BCUT2D eigenvalue weighted by atomic mass is 10.1. The Kier molecular flexibility index (Phi) is 7.03. The third kappa shape index (κ3) is 5.34. The number of amides is 1. The lowest BCUT2D eigenvalue weighted by molar-refractivity contribution is -0.118. The number of carbonyl (C=O) groups excluding carboxylic acids is 2. The number of anilines is 1. The maximum atomic E-state index is 13.8. The number of esters is 1. The summed E-state index contributed by atoms with van der Waals surface area (Å²) < 4.78 is 18.4. The van der Waals surface area contributed by atoms with Crippen LogP contribution in [-0.4, -0.2) is 24.0 Å². The first-order valence-electron chi connectivity index (χ1n) is 8.90. The third-order valence-electron chi connectivity index (χ3n) is 4.34. The first kappa shape index (κ1) is 21.7. The molecule has 8 heteroatoms. The van der Waals surface area contributed by atoms with Gasteiger partial charge < -0.3 is 9.64 Å². The van der Waals surface area contributed by atoms with E-state index in [9.17, 15) is 14.0 Å². The fourth-order valence-corrected chi connectivity index (χ4v) is 3.28. The topological polar surface area (TPSA) is 59.5 Å². The van der Waals surface area contributed by atoms with E-state index in [-0.39, 0.29) is 24.6 Å². The predicted octanol–water partition coefficient (Wildman–Crippen LogP) is 5.09. The number of methoxy groups -OCH3 is 1. The van der Waals surface area contributed by atoms with Crippen LogP contribution in [0.15, 0.2) is 60.8 Å². The first-order chi connectivity index (χ1) is 14.4. The highest BCUT2D eigenvalue weighted by molar-refractivity contribution is 6.35. The molecule has 0 aliphatic heterocycles. The van der Waals surface area contributed by atoms with E-state index in [1.165, 1.54) is 42.5 Å². The highest BCUT2D eigenvalue weighted by Gasteiger charge is 2.19. The Morgan fingerprint density at radius 1 is 1.10 bits per heavy atom. The summed E-state index contributed by atoms with van der Waals surface area (Å²) in [6, 6.07) is 13.8. The van der Waals surface area contributed by atoms with Crippen molar-refractivity contribution in [2.24, 2.45) is 0 Å². The number of carbonyl (C=O) groups is 2. The van der Waals surface area contributed by atoms with Crippen molar-refractivity contribution < 1.29 is 18.7 Å². The van der Waals surface area contributed by atoms with Gasteiger partial charge in [0.2, 0.25) is 5.91 Å². The van der Waals surface area contributed by atoms with E-state index in [1.54, 1.807) is 30.3 Å². The largest absolute Gasteiger partial charge is 0.464 e. The molecule has 1 amide bonds. The van der Waals surface area contributed by atoms with Gasteiger partial charge in [0.15, 0.2) is 0 Å². The quantitative estimate of drug-likeness (QED) is 0.494. The number of aromatic nitrogens is 1. The van der Waals surface area contributed by atoms with Crippen LogP contribution in [0.4, 0.5) is 10.1 Å². The van der Waals surface area contributed by atoms with Crippen LogP contribution in [0, 0.1) is 5.82 Å². The standard InChI is InChI=1S/C22H17Cl2FN2O3/c1-30-22(29)20-8-5-14(12-26-20)9-21(28)27(18-4-2-3-17(25)11-18)13-15-6-7-16(23)10-19(15)24/h2-8,10-12H,9,13H2,1H3. The molecule has 3 rings (SSSR count). The number of benzene rings is 2. The van der Waals surface area contributed by atoms with Gasteiger partial charge in [-0.15, -0.1) is 0 Å². The van der Waals surface area contributed by atoms with E-state index in [0.29, 0.717) is 26.9 Å². The molecule has 0 fully saturated rings. The number of nitrogens with zero attached hydrogens (tertiary/aromatic N) is 2. The number of hydrogen-bond acceptors (Lipinski definition) is 4. The molecule has 0 spiro atoms. The average molecular weight is 447 g/mol. The summed E-state index contributed by atoms with van der Waals surface area (Å²) in [5, 5.41) is 0.880. The normalized spacial score (nSPS) is 10.5. The molecule has 0 aliphatic carbocycles. The summed E-state index contributed by atoms with van der Waals surface area (Å²) in [5.74, 6) is -1.32. The monoisotopic (exact) mass is 446 g/mol. The Balaban J connectivity index is 1.87. The smallest absolute Gasteiger partial charge is 0.356 e. The number of halogens is 3. The summed E-state index contributed by atoms with van der Waals surface area (Å²) in [6.45, 7) is 0.131. The summed E-state index contributed by atoms with van der Waals surface area (Å²) in [4.78, 5) is 30.1. The van der Waals surface area contributed by atoms with E-state index in [0.717, 1.165) is 0 Å². The van der Waals surface area contributed by atoms with E-state index in [4.69, 9.17) is 23.2 Å². The summed E-state index contributed by atoms with van der Waals surface area (Å²) in [6.07, 6.45) is 1.43. The molecular weight excluding hydrogens is 430 g/mol. The van der Waals surface area contributed by atoms with Gasteiger partial charge in [0, 0.05) is 21.9 Å². The second kappa shape index (κ2) is 9.69. The maximum Gasteiger partial charge on any atom is 0.356 e. The van der Waals surface area contributed by atoms with Crippen LogP contribution >= 0.6 is 23.2 Å². The Morgan fingerprint density at radius 2 is 1.90 bits per heavy atom. The summed E-state index contributed by atoms with van der Waals surface area (Å²) >= 11 is 12.2. The number of pyridine rings is 1. The van der Waals surface area contributed by atoms with E-state index >= 15 is 0 Å². The van der Waals surface area contributed by atoms with Gasteiger partial charge in [-0.1, -0.05) is 41.4 Å². The van der Waals surface area contributed by atoms with Gasteiger partial charge in [-0.2, -0.15) is 0 Å². The molecule has 0 atom stereocenters. The lowest BCUT2D eigenvalue weighted by Gasteiger charge is -2.24. The summed E-state index contributed by atoms with van der Waals surface area (Å²) in [7, 11) is 1.26. The van der Waals surface area contributed by atoms with Crippen molar-refractivity contribution in [2.75, 3.05) is 12.0 Å². The number of hydrogen-bond donors (Lipinski definition) is 0. The minimum atomic E-state index is -0.563. The van der Waals surface area contributed by atoms with Crippen LogP contribution in [0.5, 0.6) is 0 Å². The molecule has 1 aromatic heterocycles. The molecule has 0 bridgehead atoms. The molecule has 0 unspecified atom stereocenters. The first-order valence-corrected chi connectivity index (χ1v) is 9.66. The van der Waals surface area contributed by atoms with Crippen molar-refractivity contribution >= 4 is 40.8 Å². The summed E-state index contributed by atoms with van der Waals surface area (Å²) in [5.41, 5.74) is 1.79. The number of rotatable bonds is 6. The van der Waals surface area contributed by atoms with Gasteiger partial charge >= 0.3 is 5.97 Å². The zero-order valence-electron chi connectivity index (χ0n) is 15.9. The Bertz CT molecular complexity index is 1070. The van der Waals surface area contributed by atoms with E-state index in [1.807, 2.05) is 0 Å². The molecule has 1 heterocycles. The Hall–Kier alpha value is -2.96. The molecule has 0 saturated heterocycles. The van der Waals surface area contributed by atoms with Gasteiger partial charge in [-0.05, 0) is 47.5 Å². The zero-order valence-corrected chi connectivity index (χ0v) is 17.5. The predicted molar refractivity (Wildman–Crippen MR) is 113 cm³/mol. The van der Waals surface area contributed by atoms with Gasteiger partial charge in [0.25, 0.3) is 0 Å². The van der Waals surface area contributed by atoms with Crippen LogP contribution in [-0.2, 0) is 22.5 Å². The molecule has 0 radical (unpaired) electrons. The van der Waals surface area contributed by atoms with Crippen LogP contribution in [0.2, 0.25) is 10.0 Å². The number of ether oxygens (including phenoxy) is 1.